The van der Waals surface area contributed by atoms with E-state index in [0.717, 1.165) is 5.56 Å². The Balaban J connectivity index is 1.81. The zero-order valence-electron chi connectivity index (χ0n) is 16.3. The summed E-state index contributed by atoms with van der Waals surface area (Å²) in [5.41, 5.74) is 2.09. The van der Waals surface area contributed by atoms with Crippen LogP contribution in [0.3, 0.4) is 0 Å². The van der Waals surface area contributed by atoms with Crippen molar-refractivity contribution in [1.29, 1.82) is 5.26 Å². The average Bonchev–Trinajstić information content (AvgIpc) is 3.21. The van der Waals surface area contributed by atoms with E-state index in [2.05, 4.69) is 5.32 Å². The standard InChI is InChI=1S/C23H18N2O5/c1-14-3-9-21(29-2)19(11-14)25-22(26)17(13-24)12-18-8-10-20(30-18)15-4-6-16(7-5-15)23(27)28/h3-12H,1-2H3,(H,25,26)(H,27,28)/b17-12+. The topological polar surface area (TPSA) is 113 Å². The number of hydrogen-bond acceptors (Lipinski definition) is 5. The van der Waals surface area contributed by atoms with Gasteiger partial charge in [-0.25, -0.2) is 4.79 Å². The van der Waals surface area contributed by atoms with Gasteiger partial charge in [0.1, 0.15) is 28.9 Å². The van der Waals surface area contributed by atoms with Gasteiger partial charge < -0.3 is 19.6 Å². The summed E-state index contributed by atoms with van der Waals surface area (Å²) in [6, 6.07) is 16.7. The van der Waals surface area contributed by atoms with Gasteiger partial charge in [-0.05, 0) is 48.9 Å². The van der Waals surface area contributed by atoms with E-state index in [-0.39, 0.29) is 11.1 Å². The van der Waals surface area contributed by atoms with Crippen molar-refractivity contribution in [2.45, 2.75) is 6.92 Å². The van der Waals surface area contributed by atoms with E-state index in [9.17, 15) is 14.9 Å². The van der Waals surface area contributed by atoms with Crippen molar-refractivity contribution in [3.05, 3.63) is 77.1 Å². The first kappa shape index (κ1) is 20.4. The van der Waals surface area contributed by atoms with Crippen LogP contribution in [0.25, 0.3) is 17.4 Å². The Bertz CT molecular complexity index is 1170. The van der Waals surface area contributed by atoms with Gasteiger partial charge >= 0.3 is 5.97 Å². The van der Waals surface area contributed by atoms with Crippen molar-refractivity contribution in [2.75, 3.05) is 12.4 Å². The number of anilines is 1. The molecule has 3 rings (SSSR count). The van der Waals surface area contributed by atoms with Crippen LogP contribution in [0.2, 0.25) is 0 Å². The lowest BCUT2D eigenvalue weighted by Crippen LogP contribution is -2.14. The van der Waals surface area contributed by atoms with Gasteiger partial charge in [0.2, 0.25) is 0 Å². The van der Waals surface area contributed by atoms with Crippen LogP contribution in [0.15, 0.2) is 64.6 Å². The molecule has 0 atom stereocenters. The SMILES string of the molecule is COc1ccc(C)cc1NC(=O)/C(C#N)=C/c1ccc(-c2ccc(C(=O)O)cc2)o1. The number of methoxy groups -OCH3 is 1. The highest BCUT2D eigenvalue weighted by Gasteiger charge is 2.14. The van der Waals surface area contributed by atoms with Gasteiger partial charge in [-0.1, -0.05) is 18.2 Å². The van der Waals surface area contributed by atoms with Crippen LogP contribution in [0, 0.1) is 18.3 Å². The number of nitrogens with one attached hydrogen (secondary N) is 1. The molecule has 0 saturated heterocycles. The van der Waals surface area contributed by atoms with Crippen LogP contribution in [0.4, 0.5) is 5.69 Å². The van der Waals surface area contributed by atoms with Gasteiger partial charge in [-0.3, -0.25) is 4.79 Å². The molecule has 3 aromatic rings. The fourth-order valence-electron chi connectivity index (χ4n) is 2.76. The predicted molar refractivity (Wildman–Crippen MR) is 111 cm³/mol. The smallest absolute Gasteiger partial charge is 0.335 e. The number of nitriles is 1. The summed E-state index contributed by atoms with van der Waals surface area (Å²) >= 11 is 0. The first-order valence-electron chi connectivity index (χ1n) is 8.92. The Kier molecular flexibility index (Phi) is 5.99. The number of aromatic carboxylic acids is 1. The van der Waals surface area contributed by atoms with E-state index in [1.165, 1.54) is 25.3 Å². The van der Waals surface area contributed by atoms with Gasteiger partial charge in [-0.15, -0.1) is 0 Å². The van der Waals surface area contributed by atoms with Crippen LogP contribution < -0.4 is 10.1 Å². The van der Waals surface area contributed by atoms with E-state index in [1.807, 2.05) is 19.1 Å². The van der Waals surface area contributed by atoms with E-state index in [4.69, 9.17) is 14.3 Å². The summed E-state index contributed by atoms with van der Waals surface area (Å²) in [6.45, 7) is 1.88. The molecule has 30 heavy (non-hydrogen) atoms. The zero-order chi connectivity index (χ0) is 21.7. The average molecular weight is 402 g/mol. The summed E-state index contributed by atoms with van der Waals surface area (Å²) in [4.78, 5) is 23.5. The van der Waals surface area contributed by atoms with Crippen molar-refractivity contribution in [3.8, 4) is 23.1 Å². The molecule has 1 aromatic heterocycles. The third kappa shape index (κ3) is 4.56. The molecule has 1 heterocycles. The van der Waals surface area contributed by atoms with Crippen LogP contribution >= 0.6 is 0 Å². The molecular weight excluding hydrogens is 384 g/mol. The molecule has 0 aliphatic rings. The fourth-order valence-corrected chi connectivity index (χ4v) is 2.76. The molecule has 0 aliphatic heterocycles. The summed E-state index contributed by atoms with van der Waals surface area (Å²) < 4.78 is 10.9. The van der Waals surface area contributed by atoms with Gasteiger partial charge in [0.05, 0.1) is 18.4 Å². The Morgan fingerprint density at radius 1 is 1.13 bits per heavy atom. The zero-order valence-corrected chi connectivity index (χ0v) is 16.3. The number of hydrogen-bond donors (Lipinski definition) is 2. The molecule has 2 aromatic carbocycles. The van der Waals surface area contributed by atoms with Crippen LogP contribution in [0.5, 0.6) is 5.75 Å². The molecule has 0 radical (unpaired) electrons. The second-order valence-electron chi connectivity index (χ2n) is 6.41. The summed E-state index contributed by atoms with van der Waals surface area (Å²) in [7, 11) is 1.49. The van der Waals surface area contributed by atoms with Crippen molar-refractivity contribution in [3.63, 3.8) is 0 Å². The quantitative estimate of drug-likeness (QED) is 0.463. The molecule has 150 valence electrons. The normalized spacial score (nSPS) is 10.9. The number of carboxylic acids is 1. The van der Waals surface area contributed by atoms with E-state index < -0.39 is 11.9 Å². The number of aryl methyl sites for hydroxylation is 1. The molecule has 2 N–H and O–H groups in total. The number of nitrogens with zero attached hydrogens (tertiary/aromatic N) is 1. The molecular formula is C23H18N2O5. The number of carboxylic acid groups (broad SMARTS) is 1. The summed E-state index contributed by atoms with van der Waals surface area (Å²) in [5, 5.41) is 21.1. The fraction of sp³-hybridized carbons (Fsp3) is 0.0870. The number of benzene rings is 2. The molecule has 0 spiro atoms. The van der Waals surface area contributed by atoms with Gasteiger partial charge in [0.25, 0.3) is 5.91 Å². The number of carbonyl (C=O) groups excluding carboxylic acids is 1. The number of furan rings is 1. The lowest BCUT2D eigenvalue weighted by molar-refractivity contribution is -0.112. The number of ether oxygens (including phenoxy) is 1. The highest BCUT2D eigenvalue weighted by Crippen LogP contribution is 2.27. The van der Waals surface area contributed by atoms with E-state index >= 15 is 0 Å². The first-order valence-corrected chi connectivity index (χ1v) is 8.92. The van der Waals surface area contributed by atoms with E-state index in [0.29, 0.717) is 28.5 Å². The van der Waals surface area contributed by atoms with Crippen LogP contribution in [0.1, 0.15) is 21.7 Å². The molecule has 0 unspecified atom stereocenters. The largest absolute Gasteiger partial charge is 0.495 e. The number of amides is 1. The Labute approximate surface area is 172 Å². The monoisotopic (exact) mass is 402 g/mol. The molecule has 7 heteroatoms. The van der Waals surface area contributed by atoms with Crippen molar-refractivity contribution < 1.29 is 23.8 Å². The Morgan fingerprint density at radius 3 is 2.50 bits per heavy atom. The lowest BCUT2D eigenvalue weighted by Gasteiger charge is -2.10. The minimum atomic E-state index is -1.01. The maximum atomic E-state index is 12.6. The van der Waals surface area contributed by atoms with Crippen molar-refractivity contribution in [1.82, 2.24) is 0 Å². The van der Waals surface area contributed by atoms with Gasteiger partial charge in [0.15, 0.2) is 0 Å². The van der Waals surface area contributed by atoms with Gasteiger partial charge in [-0.2, -0.15) is 5.26 Å². The highest BCUT2D eigenvalue weighted by atomic mass is 16.5. The van der Waals surface area contributed by atoms with E-state index in [1.54, 1.807) is 36.4 Å². The van der Waals surface area contributed by atoms with Crippen molar-refractivity contribution in [2.24, 2.45) is 0 Å². The molecule has 0 saturated carbocycles. The van der Waals surface area contributed by atoms with Crippen molar-refractivity contribution >= 4 is 23.6 Å². The second kappa shape index (κ2) is 8.80. The maximum Gasteiger partial charge on any atom is 0.335 e. The first-order chi connectivity index (χ1) is 14.4. The molecule has 1 amide bonds. The number of carbonyl (C=O) groups is 2. The molecule has 0 bridgehead atoms. The van der Waals surface area contributed by atoms with Crippen LogP contribution in [-0.4, -0.2) is 24.1 Å². The highest BCUT2D eigenvalue weighted by molar-refractivity contribution is 6.10. The molecule has 7 nitrogen and oxygen atoms in total. The Morgan fingerprint density at radius 2 is 1.87 bits per heavy atom. The minimum absolute atomic E-state index is 0.138. The summed E-state index contributed by atoms with van der Waals surface area (Å²) in [5.74, 6) is -0.326. The summed E-state index contributed by atoms with van der Waals surface area (Å²) in [6.07, 6.45) is 1.34. The van der Waals surface area contributed by atoms with Crippen LogP contribution in [-0.2, 0) is 4.79 Å². The number of rotatable bonds is 6. The van der Waals surface area contributed by atoms with Gasteiger partial charge in [0, 0.05) is 11.6 Å². The Hall–Kier alpha value is -4.31. The third-order valence-corrected chi connectivity index (χ3v) is 4.30. The maximum absolute atomic E-state index is 12.6. The minimum Gasteiger partial charge on any atom is -0.495 e. The molecule has 0 fully saturated rings. The second-order valence-corrected chi connectivity index (χ2v) is 6.41. The lowest BCUT2D eigenvalue weighted by atomic mass is 10.1. The molecule has 0 aliphatic carbocycles. The predicted octanol–water partition coefficient (Wildman–Crippen LogP) is 4.51. The third-order valence-electron chi connectivity index (χ3n) is 4.30.